The van der Waals surface area contributed by atoms with Crippen molar-refractivity contribution < 1.29 is 19.8 Å². The number of carbonyl (C=O) groups excluding carboxylic acids is 1. The number of carbonyl (C=O) groups is 2. The summed E-state index contributed by atoms with van der Waals surface area (Å²) in [5.41, 5.74) is 2.70. The molecule has 0 fully saturated rings. The summed E-state index contributed by atoms with van der Waals surface area (Å²) in [6, 6.07) is 5.71. The van der Waals surface area contributed by atoms with Gasteiger partial charge in [0.25, 0.3) is 0 Å². The Morgan fingerprint density at radius 3 is 2.81 bits per heavy atom. The van der Waals surface area contributed by atoms with Gasteiger partial charge in [-0.05, 0) is 30.7 Å². The Bertz CT molecular complexity index is 544. The fraction of sp³-hybridized carbons (Fsp3) is 0.467. The number of rotatable bonds is 7. The Kier molecular flexibility index (Phi) is 4.80. The molecule has 0 saturated carbocycles. The van der Waals surface area contributed by atoms with Gasteiger partial charge in [0.2, 0.25) is 5.91 Å². The molecule has 0 atom stereocenters. The lowest BCUT2D eigenvalue weighted by molar-refractivity contribution is -0.136. The normalized spacial score (nSPS) is 13.4. The fourth-order valence-corrected chi connectivity index (χ4v) is 2.61. The molecular formula is C15H20N2O4. The second-order valence-electron chi connectivity index (χ2n) is 4.98. The monoisotopic (exact) mass is 292 g/mol. The molecule has 0 unspecified atom stereocenters. The minimum atomic E-state index is -0.820. The van der Waals surface area contributed by atoms with Crippen LogP contribution in [-0.4, -0.2) is 48.3 Å². The van der Waals surface area contributed by atoms with Gasteiger partial charge in [-0.3, -0.25) is 9.59 Å². The average Bonchev–Trinajstić information content (AvgIpc) is 2.75. The van der Waals surface area contributed by atoms with Crippen molar-refractivity contribution in [3.05, 3.63) is 23.8 Å². The second-order valence-corrected chi connectivity index (χ2v) is 4.98. The van der Waals surface area contributed by atoms with E-state index < -0.39 is 5.97 Å². The molecule has 1 aromatic carbocycles. The third kappa shape index (κ3) is 3.33. The highest BCUT2D eigenvalue weighted by atomic mass is 16.4. The number of hydrogen-bond acceptors (Lipinski definition) is 4. The van der Waals surface area contributed by atoms with Crippen LogP contribution >= 0.6 is 0 Å². The quantitative estimate of drug-likeness (QED) is 0.779. The molecule has 0 aromatic heterocycles. The maximum atomic E-state index is 11.9. The highest BCUT2D eigenvalue weighted by molar-refractivity contribution is 6.01. The third-order valence-corrected chi connectivity index (χ3v) is 3.66. The van der Waals surface area contributed by atoms with E-state index in [4.69, 9.17) is 10.2 Å². The zero-order valence-electron chi connectivity index (χ0n) is 12.1. The molecule has 6 heteroatoms. The largest absolute Gasteiger partial charge is 0.481 e. The predicted molar refractivity (Wildman–Crippen MR) is 79.7 cm³/mol. The van der Waals surface area contributed by atoms with Crippen LogP contribution in [0.15, 0.2) is 18.2 Å². The number of aliphatic hydroxyl groups is 1. The minimum Gasteiger partial charge on any atom is -0.481 e. The maximum absolute atomic E-state index is 11.9. The van der Waals surface area contributed by atoms with Crippen LogP contribution in [-0.2, 0) is 16.0 Å². The number of aliphatic carboxylic acids is 1. The summed E-state index contributed by atoms with van der Waals surface area (Å²) in [6.45, 7) is 3.37. The Morgan fingerprint density at radius 2 is 2.19 bits per heavy atom. The number of carboxylic acid groups (broad SMARTS) is 1. The van der Waals surface area contributed by atoms with Crippen molar-refractivity contribution in [1.82, 2.24) is 0 Å². The first-order chi connectivity index (χ1) is 10.1. The van der Waals surface area contributed by atoms with Gasteiger partial charge >= 0.3 is 5.97 Å². The van der Waals surface area contributed by atoms with Crippen molar-refractivity contribution >= 4 is 23.3 Å². The lowest BCUT2D eigenvalue weighted by atomic mass is 10.1. The summed E-state index contributed by atoms with van der Waals surface area (Å²) in [4.78, 5) is 26.2. The van der Waals surface area contributed by atoms with Crippen LogP contribution < -0.4 is 9.80 Å². The van der Waals surface area contributed by atoms with Gasteiger partial charge in [-0.2, -0.15) is 0 Å². The van der Waals surface area contributed by atoms with Crippen LogP contribution in [0.1, 0.15) is 18.9 Å². The summed E-state index contributed by atoms with van der Waals surface area (Å²) in [6.07, 6.45) is 0.417. The van der Waals surface area contributed by atoms with Gasteiger partial charge in [0.15, 0.2) is 0 Å². The van der Waals surface area contributed by atoms with Gasteiger partial charge in [-0.25, -0.2) is 0 Å². The number of carboxylic acids is 1. The van der Waals surface area contributed by atoms with Crippen LogP contribution in [0.25, 0.3) is 0 Å². The topological polar surface area (TPSA) is 81.1 Å². The number of anilines is 2. The van der Waals surface area contributed by atoms with E-state index in [1.54, 1.807) is 4.90 Å². The summed E-state index contributed by atoms with van der Waals surface area (Å²) >= 11 is 0. The summed E-state index contributed by atoms with van der Waals surface area (Å²) in [7, 11) is 0. The van der Waals surface area contributed by atoms with Crippen LogP contribution in [0.2, 0.25) is 0 Å². The number of fused-ring (bicyclic) bond motifs is 1. The SMILES string of the molecule is CCN(CCC(=O)O)c1ccc2c(c1)CC(=O)N2CCO. The van der Waals surface area contributed by atoms with Gasteiger partial charge in [0, 0.05) is 31.0 Å². The Balaban J connectivity index is 2.19. The van der Waals surface area contributed by atoms with Gasteiger partial charge in [-0.1, -0.05) is 0 Å². The zero-order chi connectivity index (χ0) is 15.4. The molecule has 0 spiro atoms. The van der Waals surface area contributed by atoms with Crippen molar-refractivity contribution in [3.8, 4) is 0 Å². The molecule has 1 amide bonds. The smallest absolute Gasteiger partial charge is 0.305 e. The van der Waals surface area contributed by atoms with E-state index in [9.17, 15) is 9.59 Å². The number of nitrogens with zero attached hydrogens (tertiary/aromatic N) is 2. The molecule has 114 valence electrons. The van der Waals surface area contributed by atoms with Crippen molar-refractivity contribution in [2.24, 2.45) is 0 Å². The van der Waals surface area contributed by atoms with E-state index in [2.05, 4.69) is 0 Å². The first-order valence-electron chi connectivity index (χ1n) is 7.07. The summed E-state index contributed by atoms with van der Waals surface area (Å²) in [5.74, 6) is -0.830. The highest BCUT2D eigenvalue weighted by Gasteiger charge is 2.27. The Morgan fingerprint density at radius 1 is 1.43 bits per heavy atom. The van der Waals surface area contributed by atoms with Crippen LogP contribution in [0.4, 0.5) is 11.4 Å². The van der Waals surface area contributed by atoms with Crippen LogP contribution in [0.5, 0.6) is 0 Å². The molecule has 1 heterocycles. The molecule has 0 aliphatic carbocycles. The number of amides is 1. The molecule has 0 bridgehead atoms. The molecule has 6 nitrogen and oxygen atoms in total. The van der Waals surface area contributed by atoms with E-state index in [-0.39, 0.29) is 18.9 Å². The van der Waals surface area contributed by atoms with Crippen molar-refractivity contribution in [2.45, 2.75) is 19.8 Å². The van der Waals surface area contributed by atoms with Crippen LogP contribution in [0.3, 0.4) is 0 Å². The average molecular weight is 292 g/mol. The van der Waals surface area contributed by atoms with E-state index >= 15 is 0 Å². The number of benzene rings is 1. The number of β-amino-alcohol motifs (C(OH)–C–C–N with tert-alkyl or cyclic N) is 1. The van der Waals surface area contributed by atoms with Gasteiger partial charge in [0.05, 0.1) is 19.4 Å². The fourth-order valence-electron chi connectivity index (χ4n) is 2.61. The molecule has 1 aliphatic rings. The predicted octanol–water partition coefficient (Wildman–Crippen LogP) is 0.869. The zero-order valence-corrected chi connectivity index (χ0v) is 12.1. The Hall–Kier alpha value is -2.08. The molecule has 21 heavy (non-hydrogen) atoms. The first kappa shape index (κ1) is 15.3. The maximum Gasteiger partial charge on any atom is 0.305 e. The van der Waals surface area contributed by atoms with E-state index in [0.717, 1.165) is 16.9 Å². The van der Waals surface area contributed by atoms with E-state index in [1.165, 1.54) is 0 Å². The standard InChI is InChI=1S/C15H20N2O4/c1-2-16(6-5-15(20)21)12-3-4-13-11(9-12)10-14(19)17(13)7-8-18/h3-4,9,18H,2,5-8,10H2,1H3,(H,20,21). The van der Waals surface area contributed by atoms with E-state index in [0.29, 0.717) is 26.1 Å². The van der Waals surface area contributed by atoms with Gasteiger partial charge in [0.1, 0.15) is 0 Å². The first-order valence-corrected chi connectivity index (χ1v) is 7.07. The molecule has 0 saturated heterocycles. The number of aliphatic hydroxyl groups excluding tert-OH is 1. The second kappa shape index (κ2) is 6.58. The molecule has 1 aromatic rings. The summed E-state index contributed by atoms with van der Waals surface area (Å²) in [5, 5.41) is 17.8. The van der Waals surface area contributed by atoms with E-state index in [1.807, 2.05) is 30.0 Å². The van der Waals surface area contributed by atoms with Crippen LogP contribution in [0, 0.1) is 0 Å². The highest BCUT2D eigenvalue weighted by Crippen LogP contribution is 2.32. The van der Waals surface area contributed by atoms with Crippen molar-refractivity contribution in [2.75, 3.05) is 36.0 Å². The number of hydrogen-bond donors (Lipinski definition) is 2. The summed E-state index contributed by atoms with van der Waals surface area (Å²) < 4.78 is 0. The molecule has 0 radical (unpaired) electrons. The third-order valence-electron chi connectivity index (χ3n) is 3.66. The lowest BCUT2D eigenvalue weighted by Crippen LogP contribution is -2.29. The van der Waals surface area contributed by atoms with Crippen molar-refractivity contribution in [3.63, 3.8) is 0 Å². The van der Waals surface area contributed by atoms with Gasteiger partial charge in [-0.15, -0.1) is 0 Å². The molecular weight excluding hydrogens is 272 g/mol. The lowest BCUT2D eigenvalue weighted by Gasteiger charge is -2.23. The molecule has 1 aliphatic heterocycles. The molecule has 2 rings (SSSR count). The Labute approximate surface area is 123 Å². The van der Waals surface area contributed by atoms with Gasteiger partial charge < -0.3 is 20.0 Å². The van der Waals surface area contributed by atoms with Crippen molar-refractivity contribution in [1.29, 1.82) is 0 Å². The minimum absolute atomic E-state index is 0.00946. The molecule has 2 N–H and O–H groups in total.